The molecule has 1 aromatic heterocycles. The second-order valence-corrected chi connectivity index (χ2v) is 4.36. The van der Waals surface area contributed by atoms with Crippen LogP contribution in [0.25, 0.3) is 11.1 Å². The largest absolute Gasteiger partial charge is 0.319 e. The lowest BCUT2D eigenvalue weighted by molar-refractivity contribution is 0.792. The van der Waals surface area contributed by atoms with Gasteiger partial charge in [0.15, 0.2) is 0 Å². The lowest BCUT2D eigenvalue weighted by Gasteiger charge is -2.05. The summed E-state index contributed by atoms with van der Waals surface area (Å²) in [6.07, 6.45) is 1.06. The van der Waals surface area contributed by atoms with Gasteiger partial charge in [-0.3, -0.25) is 5.10 Å². The third kappa shape index (κ3) is 2.56. The van der Waals surface area contributed by atoms with Crippen LogP contribution in [0.2, 0.25) is 0 Å². The summed E-state index contributed by atoms with van der Waals surface area (Å²) in [7, 11) is 1.98. The average molecular weight is 229 g/mol. The van der Waals surface area contributed by atoms with Crippen LogP contribution >= 0.6 is 0 Å². The highest BCUT2D eigenvalue weighted by atomic mass is 15.1. The number of hydrogen-bond donors (Lipinski definition) is 2. The van der Waals surface area contributed by atoms with E-state index < -0.39 is 0 Å². The summed E-state index contributed by atoms with van der Waals surface area (Å²) in [6.45, 7) is 5.11. The number of nitrogens with one attached hydrogen (secondary N) is 2. The first-order valence-electron chi connectivity index (χ1n) is 5.98. The van der Waals surface area contributed by atoms with E-state index in [4.69, 9.17) is 0 Å². The zero-order chi connectivity index (χ0) is 12.3. The minimum absolute atomic E-state index is 1.01. The predicted octanol–water partition coefficient (Wildman–Crippen LogP) is 2.46. The molecule has 0 saturated heterocycles. The fourth-order valence-electron chi connectivity index (χ4n) is 2.13. The SMILES string of the molecule is CNCCc1cccc(-c2c(C)n[nH]c2C)c1. The molecule has 2 N–H and O–H groups in total. The molecule has 0 spiro atoms. The first-order valence-corrected chi connectivity index (χ1v) is 5.98. The molecule has 0 fully saturated rings. The number of aryl methyl sites for hydroxylation is 2. The van der Waals surface area contributed by atoms with Crippen molar-refractivity contribution >= 4 is 0 Å². The van der Waals surface area contributed by atoms with Crippen LogP contribution in [0.15, 0.2) is 24.3 Å². The number of aromatic nitrogens is 2. The molecule has 2 aromatic rings. The second-order valence-electron chi connectivity index (χ2n) is 4.36. The van der Waals surface area contributed by atoms with Gasteiger partial charge in [0, 0.05) is 11.3 Å². The van der Waals surface area contributed by atoms with Crippen LogP contribution in [-0.4, -0.2) is 23.8 Å². The minimum atomic E-state index is 1.01. The van der Waals surface area contributed by atoms with Gasteiger partial charge in [-0.15, -0.1) is 0 Å². The van der Waals surface area contributed by atoms with Crippen molar-refractivity contribution in [3.8, 4) is 11.1 Å². The molecule has 2 rings (SSSR count). The highest BCUT2D eigenvalue weighted by Gasteiger charge is 2.08. The maximum atomic E-state index is 4.25. The molecule has 1 aromatic carbocycles. The number of rotatable bonds is 4. The Morgan fingerprint density at radius 3 is 2.76 bits per heavy atom. The van der Waals surface area contributed by atoms with Crippen molar-refractivity contribution in [1.29, 1.82) is 0 Å². The Morgan fingerprint density at radius 2 is 2.12 bits per heavy atom. The van der Waals surface area contributed by atoms with E-state index in [0.717, 1.165) is 24.4 Å². The quantitative estimate of drug-likeness (QED) is 0.845. The van der Waals surface area contributed by atoms with Crippen molar-refractivity contribution in [3.63, 3.8) is 0 Å². The molecule has 3 heteroatoms. The zero-order valence-electron chi connectivity index (χ0n) is 10.7. The molecule has 0 aliphatic rings. The molecule has 0 aliphatic carbocycles. The molecule has 3 nitrogen and oxygen atoms in total. The lowest BCUT2D eigenvalue weighted by Crippen LogP contribution is -2.10. The van der Waals surface area contributed by atoms with Crippen LogP contribution < -0.4 is 5.32 Å². The fraction of sp³-hybridized carbons (Fsp3) is 0.357. The molecule has 0 bridgehead atoms. The smallest absolute Gasteiger partial charge is 0.0672 e. The summed E-state index contributed by atoms with van der Waals surface area (Å²) in [5, 5.41) is 10.5. The number of H-pyrrole nitrogens is 1. The number of hydrogen-bond acceptors (Lipinski definition) is 2. The normalized spacial score (nSPS) is 10.8. The Kier molecular flexibility index (Phi) is 3.59. The third-order valence-electron chi connectivity index (χ3n) is 3.01. The Hall–Kier alpha value is -1.61. The molecule has 90 valence electrons. The van der Waals surface area contributed by atoms with E-state index >= 15 is 0 Å². The minimum Gasteiger partial charge on any atom is -0.319 e. The first-order chi connectivity index (χ1) is 8.22. The van der Waals surface area contributed by atoms with Crippen molar-refractivity contribution < 1.29 is 0 Å². The van der Waals surface area contributed by atoms with Crippen molar-refractivity contribution in [2.75, 3.05) is 13.6 Å². The van der Waals surface area contributed by atoms with Gasteiger partial charge in [0.1, 0.15) is 0 Å². The lowest BCUT2D eigenvalue weighted by atomic mass is 10.0. The maximum absolute atomic E-state index is 4.25. The highest BCUT2D eigenvalue weighted by Crippen LogP contribution is 2.25. The Morgan fingerprint density at radius 1 is 1.29 bits per heavy atom. The zero-order valence-corrected chi connectivity index (χ0v) is 10.7. The van der Waals surface area contributed by atoms with Crippen LogP contribution in [0, 0.1) is 13.8 Å². The maximum Gasteiger partial charge on any atom is 0.0672 e. The number of aromatic amines is 1. The molecular formula is C14H19N3. The van der Waals surface area contributed by atoms with Gasteiger partial charge in [-0.25, -0.2) is 0 Å². The molecule has 1 heterocycles. The van der Waals surface area contributed by atoms with Gasteiger partial charge < -0.3 is 5.32 Å². The Balaban J connectivity index is 2.33. The summed E-state index contributed by atoms with van der Waals surface area (Å²) >= 11 is 0. The van der Waals surface area contributed by atoms with E-state index in [0.29, 0.717) is 0 Å². The Bertz CT molecular complexity index is 480. The molecule has 0 atom stereocenters. The summed E-state index contributed by atoms with van der Waals surface area (Å²) < 4.78 is 0. The second kappa shape index (κ2) is 5.15. The summed E-state index contributed by atoms with van der Waals surface area (Å²) in [5.41, 5.74) is 6.04. The van der Waals surface area contributed by atoms with Crippen LogP contribution in [0.5, 0.6) is 0 Å². The number of nitrogens with zero attached hydrogens (tertiary/aromatic N) is 1. The highest BCUT2D eigenvalue weighted by molar-refractivity contribution is 5.68. The molecule has 0 amide bonds. The van der Waals surface area contributed by atoms with Gasteiger partial charge in [-0.2, -0.15) is 5.10 Å². The molecule has 0 unspecified atom stereocenters. The van der Waals surface area contributed by atoms with E-state index in [9.17, 15) is 0 Å². The van der Waals surface area contributed by atoms with E-state index in [1.165, 1.54) is 16.7 Å². The van der Waals surface area contributed by atoms with Gasteiger partial charge >= 0.3 is 0 Å². The van der Waals surface area contributed by atoms with Crippen molar-refractivity contribution in [3.05, 3.63) is 41.2 Å². The van der Waals surface area contributed by atoms with Crippen LogP contribution in [-0.2, 0) is 6.42 Å². The summed E-state index contributed by atoms with van der Waals surface area (Å²) in [6, 6.07) is 8.69. The van der Waals surface area contributed by atoms with Crippen molar-refractivity contribution in [2.45, 2.75) is 20.3 Å². The molecular weight excluding hydrogens is 210 g/mol. The average Bonchev–Trinajstić information content (AvgIpc) is 2.67. The van der Waals surface area contributed by atoms with Gasteiger partial charge in [-0.05, 0) is 45.0 Å². The van der Waals surface area contributed by atoms with Crippen LogP contribution in [0.1, 0.15) is 17.0 Å². The molecule has 0 saturated carbocycles. The fourth-order valence-corrected chi connectivity index (χ4v) is 2.13. The summed E-state index contributed by atoms with van der Waals surface area (Å²) in [4.78, 5) is 0. The Labute approximate surface area is 102 Å². The van der Waals surface area contributed by atoms with Crippen molar-refractivity contribution in [2.24, 2.45) is 0 Å². The number of likely N-dealkylation sites (N-methyl/N-ethyl adjacent to an activating group) is 1. The van der Waals surface area contributed by atoms with E-state index in [1.54, 1.807) is 0 Å². The molecule has 17 heavy (non-hydrogen) atoms. The first kappa shape index (κ1) is 11.9. The van der Waals surface area contributed by atoms with Crippen LogP contribution in [0.3, 0.4) is 0 Å². The van der Waals surface area contributed by atoms with E-state index in [2.05, 4.69) is 46.7 Å². The van der Waals surface area contributed by atoms with E-state index in [1.807, 2.05) is 14.0 Å². The van der Waals surface area contributed by atoms with Gasteiger partial charge in [-0.1, -0.05) is 24.3 Å². The topological polar surface area (TPSA) is 40.7 Å². The standard InChI is InChI=1S/C14H19N3/c1-10-14(11(2)17-16-10)13-6-4-5-12(9-13)7-8-15-3/h4-6,9,15H,7-8H2,1-3H3,(H,16,17). The van der Waals surface area contributed by atoms with Crippen LogP contribution in [0.4, 0.5) is 0 Å². The molecule has 0 aliphatic heterocycles. The predicted molar refractivity (Wildman–Crippen MR) is 71.1 cm³/mol. The monoisotopic (exact) mass is 229 g/mol. The molecule has 0 radical (unpaired) electrons. The van der Waals surface area contributed by atoms with Gasteiger partial charge in [0.2, 0.25) is 0 Å². The van der Waals surface area contributed by atoms with E-state index in [-0.39, 0.29) is 0 Å². The van der Waals surface area contributed by atoms with Gasteiger partial charge in [0.05, 0.1) is 5.69 Å². The van der Waals surface area contributed by atoms with Gasteiger partial charge in [0.25, 0.3) is 0 Å². The van der Waals surface area contributed by atoms with Crippen molar-refractivity contribution in [1.82, 2.24) is 15.5 Å². The third-order valence-corrected chi connectivity index (χ3v) is 3.01. The number of benzene rings is 1. The summed E-state index contributed by atoms with van der Waals surface area (Å²) in [5.74, 6) is 0.